The summed E-state index contributed by atoms with van der Waals surface area (Å²) in [6.45, 7) is 8.23. The molecule has 0 spiro atoms. The molecule has 0 atom stereocenters. The van der Waals surface area contributed by atoms with Crippen molar-refractivity contribution in [1.29, 1.82) is 0 Å². The van der Waals surface area contributed by atoms with Gasteiger partial charge in [-0.05, 0) is 56.7 Å². The second-order valence-electron chi connectivity index (χ2n) is 7.58. The lowest BCUT2D eigenvalue weighted by Crippen LogP contribution is -2.36. The van der Waals surface area contributed by atoms with Crippen LogP contribution in [-0.4, -0.2) is 52.6 Å². The van der Waals surface area contributed by atoms with E-state index in [0.717, 1.165) is 50.8 Å². The number of aromatic nitrogens is 3. The maximum atomic E-state index is 5.65. The number of hydrogen-bond acceptors (Lipinski definition) is 5. The highest BCUT2D eigenvalue weighted by Gasteiger charge is 2.29. The molecule has 1 saturated heterocycles. The van der Waals surface area contributed by atoms with Gasteiger partial charge >= 0.3 is 0 Å². The minimum Gasteiger partial charge on any atom is -0.378 e. The van der Waals surface area contributed by atoms with E-state index >= 15 is 0 Å². The van der Waals surface area contributed by atoms with Gasteiger partial charge in [-0.1, -0.05) is 12.1 Å². The van der Waals surface area contributed by atoms with E-state index in [-0.39, 0.29) is 0 Å². The van der Waals surface area contributed by atoms with Gasteiger partial charge in [-0.25, -0.2) is 4.68 Å². The fourth-order valence-corrected chi connectivity index (χ4v) is 4.04. The minimum atomic E-state index is 0.617. The number of benzene rings is 1. The molecule has 0 N–H and O–H groups in total. The first-order valence-corrected chi connectivity index (χ1v) is 10.3. The van der Waals surface area contributed by atoms with Crippen LogP contribution in [0.3, 0.4) is 0 Å². The maximum absolute atomic E-state index is 5.65. The van der Waals surface area contributed by atoms with Crippen molar-refractivity contribution in [3.05, 3.63) is 40.4 Å². The normalized spacial score (nSPS) is 17.7. The van der Waals surface area contributed by atoms with E-state index in [1.807, 2.05) is 4.68 Å². The van der Waals surface area contributed by atoms with Crippen molar-refractivity contribution in [3.8, 4) is 0 Å². The van der Waals surface area contributed by atoms with Crippen molar-refractivity contribution in [2.24, 2.45) is 0 Å². The Morgan fingerprint density at radius 1 is 1.19 bits per heavy atom. The Bertz CT molecular complexity index is 818. The van der Waals surface area contributed by atoms with Crippen molar-refractivity contribution in [2.45, 2.75) is 45.4 Å². The molecule has 1 aliphatic heterocycles. The lowest BCUT2D eigenvalue weighted by molar-refractivity contribution is 0.122. The molecular formula is C20H29N5OS. The second kappa shape index (κ2) is 8.12. The molecule has 0 amide bonds. The number of nitrogens with zero attached hydrogens (tertiary/aromatic N) is 5. The summed E-state index contributed by atoms with van der Waals surface area (Å²) in [5.41, 5.74) is 2.58. The van der Waals surface area contributed by atoms with Gasteiger partial charge in [-0.15, -0.1) is 0 Å². The van der Waals surface area contributed by atoms with Crippen LogP contribution in [0.5, 0.6) is 0 Å². The molecule has 1 aliphatic carbocycles. The number of ether oxygens (including phenoxy) is 1. The first-order valence-electron chi connectivity index (χ1n) is 9.93. The van der Waals surface area contributed by atoms with E-state index in [2.05, 4.69) is 52.6 Å². The van der Waals surface area contributed by atoms with Gasteiger partial charge in [-0.3, -0.25) is 4.90 Å². The fraction of sp³-hybridized carbons (Fsp3) is 0.600. The first kappa shape index (κ1) is 18.7. The molecule has 0 radical (unpaired) electrons. The summed E-state index contributed by atoms with van der Waals surface area (Å²) in [5.74, 6) is 1.79. The zero-order valence-corrected chi connectivity index (χ0v) is 17.1. The molecule has 27 heavy (non-hydrogen) atoms. The molecule has 4 rings (SSSR count). The highest BCUT2D eigenvalue weighted by molar-refractivity contribution is 7.71. The van der Waals surface area contributed by atoms with E-state index in [1.54, 1.807) is 0 Å². The van der Waals surface area contributed by atoms with Crippen LogP contribution in [0.1, 0.15) is 37.1 Å². The van der Waals surface area contributed by atoms with Crippen LogP contribution in [0, 0.1) is 4.77 Å². The largest absolute Gasteiger partial charge is 0.378 e. The van der Waals surface area contributed by atoms with Gasteiger partial charge in [0.05, 0.1) is 19.9 Å². The zero-order valence-electron chi connectivity index (χ0n) is 16.3. The Hall–Kier alpha value is -1.70. The SMILES string of the molecule is CCn1c(C2CC2)nn(CN(C)Cc2ccc(N3CCOCC3)cc2)c1=S. The topological polar surface area (TPSA) is 38.5 Å². The summed E-state index contributed by atoms with van der Waals surface area (Å²) in [4.78, 5) is 4.65. The molecule has 2 aliphatic rings. The predicted molar refractivity (Wildman–Crippen MR) is 110 cm³/mol. The smallest absolute Gasteiger partial charge is 0.199 e. The Balaban J connectivity index is 1.39. The van der Waals surface area contributed by atoms with Crippen LogP contribution in [0.15, 0.2) is 24.3 Å². The number of anilines is 1. The maximum Gasteiger partial charge on any atom is 0.199 e. The van der Waals surface area contributed by atoms with Gasteiger partial charge in [0, 0.05) is 37.8 Å². The summed E-state index contributed by atoms with van der Waals surface area (Å²) in [7, 11) is 2.12. The molecule has 2 fully saturated rings. The zero-order chi connectivity index (χ0) is 18.8. The third kappa shape index (κ3) is 4.25. The summed E-state index contributed by atoms with van der Waals surface area (Å²) < 4.78 is 10.4. The molecule has 1 aromatic heterocycles. The average Bonchev–Trinajstić information content (AvgIpc) is 3.48. The van der Waals surface area contributed by atoms with Crippen molar-refractivity contribution in [2.75, 3.05) is 38.3 Å². The molecule has 2 aromatic rings. The van der Waals surface area contributed by atoms with Gasteiger partial charge in [0.25, 0.3) is 0 Å². The molecule has 0 unspecified atom stereocenters. The van der Waals surface area contributed by atoms with Crippen molar-refractivity contribution in [3.63, 3.8) is 0 Å². The molecular weight excluding hydrogens is 358 g/mol. The van der Waals surface area contributed by atoms with Crippen LogP contribution in [0.4, 0.5) is 5.69 Å². The Morgan fingerprint density at radius 3 is 2.52 bits per heavy atom. The lowest BCUT2D eigenvalue weighted by atomic mass is 10.2. The van der Waals surface area contributed by atoms with Crippen molar-refractivity contribution >= 4 is 17.9 Å². The van der Waals surface area contributed by atoms with Crippen molar-refractivity contribution in [1.82, 2.24) is 19.2 Å². The highest BCUT2D eigenvalue weighted by atomic mass is 32.1. The van der Waals surface area contributed by atoms with Gasteiger partial charge < -0.3 is 14.2 Å². The first-order chi connectivity index (χ1) is 13.2. The molecule has 2 heterocycles. The minimum absolute atomic E-state index is 0.617. The van der Waals surface area contributed by atoms with Crippen LogP contribution < -0.4 is 4.90 Å². The third-order valence-electron chi connectivity index (χ3n) is 5.35. The van der Waals surface area contributed by atoms with Crippen LogP contribution >= 0.6 is 12.2 Å². The van der Waals surface area contributed by atoms with Gasteiger partial charge in [0.2, 0.25) is 0 Å². The van der Waals surface area contributed by atoms with Crippen LogP contribution in [0.2, 0.25) is 0 Å². The molecule has 7 heteroatoms. The lowest BCUT2D eigenvalue weighted by Gasteiger charge is -2.29. The summed E-state index contributed by atoms with van der Waals surface area (Å²) >= 11 is 5.65. The number of hydrogen-bond donors (Lipinski definition) is 0. The van der Waals surface area contributed by atoms with Gasteiger partial charge in [-0.2, -0.15) is 5.10 Å². The van der Waals surface area contributed by atoms with Gasteiger partial charge in [0.15, 0.2) is 4.77 Å². The molecule has 0 bridgehead atoms. The second-order valence-corrected chi connectivity index (χ2v) is 7.95. The van der Waals surface area contributed by atoms with E-state index < -0.39 is 0 Å². The molecule has 146 valence electrons. The van der Waals surface area contributed by atoms with E-state index in [4.69, 9.17) is 22.1 Å². The quantitative estimate of drug-likeness (QED) is 0.682. The van der Waals surface area contributed by atoms with Gasteiger partial charge in [0.1, 0.15) is 5.82 Å². The van der Waals surface area contributed by atoms with Crippen LogP contribution in [-0.2, 0) is 24.5 Å². The number of rotatable bonds is 7. The Morgan fingerprint density at radius 2 is 1.89 bits per heavy atom. The predicted octanol–water partition coefficient (Wildman–Crippen LogP) is 3.24. The highest BCUT2D eigenvalue weighted by Crippen LogP contribution is 2.39. The monoisotopic (exact) mass is 387 g/mol. The van der Waals surface area contributed by atoms with E-state index in [1.165, 1.54) is 29.9 Å². The summed E-state index contributed by atoms with van der Waals surface area (Å²) in [5, 5.41) is 4.81. The Kier molecular flexibility index (Phi) is 5.61. The molecule has 1 saturated carbocycles. The number of morpholine rings is 1. The van der Waals surface area contributed by atoms with Crippen molar-refractivity contribution < 1.29 is 4.74 Å². The van der Waals surface area contributed by atoms with E-state index in [0.29, 0.717) is 5.92 Å². The fourth-order valence-electron chi connectivity index (χ4n) is 3.71. The third-order valence-corrected chi connectivity index (χ3v) is 5.78. The average molecular weight is 388 g/mol. The summed E-state index contributed by atoms with van der Waals surface area (Å²) in [6, 6.07) is 8.88. The molecule has 6 nitrogen and oxygen atoms in total. The standard InChI is InChI=1S/C20H29N5OS/c1-3-24-19(17-6-7-17)21-25(20(24)27)15-22(2)14-16-4-8-18(9-5-16)23-10-12-26-13-11-23/h4-5,8-9,17H,3,6-7,10-15H2,1-2H3. The van der Waals surface area contributed by atoms with Crippen LogP contribution in [0.25, 0.3) is 0 Å². The Labute approximate surface area is 166 Å². The summed E-state index contributed by atoms with van der Waals surface area (Å²) in [6.07, 6.45) is 2.49. The van der Waals surface area contributed by atoms with E-state index in [9.17, 15) is 0 Å². The molecule has 1 aromatic carbocycles.